The zero-order valence-electron chi connectivity index (χ0n) is 8.30. The lowest BCUT2D eigenvalue weighted by Crippen LogP contribution is -1.69. The average Bonchev–Trinajstić information content (AvgIpc) is 2.03. The second-order valence-corrected chi connectivity index (χ2v) is 2.97. The Morgan fingerprint density at radius 3 is 2.42 bits per heavy atom. The lowest BCUT2D eigenvalue weighted by atomic mass is 10.2. The van der Waals surface area contributed by atoms with E-state index >= 15 is 0 Å². The SMILES string of the molecule is C=C(C)/C=C\C=C/C/C(C)=C\C. The third-order valence-corrected chi connectivity index (χ3v) is 1.56. The number of hydrogen-bond donors (Lipinski definition) is 0. The molecule has 0 aliphatic heterocycles. The van der Waals surface area contributed by atoms with Crippen LogP contribution < -0.4 is 0 Å². The van der Waals surface area contributed by atoms with Crippen molar-refractivity contribution in [3.63, 3.8) is 0 Å². The highest BCUT2D eigenvalue weighted by Crippen LogP contribution is 2.00. The molecule has 0 unspecified atom stereocenters. The molecule has 0 aromatic heterocycles. The minimum absolute atomic E-state index is 1.04. The van der Waals surface area contributed by atoms with Crippen LogP contribution in [-0.4, -0.2) is 0 Å². The van der Waals surface area contributed by atoms with Gasteiger partial charge in [-0.2, -0.15) is 0 Å². The Morgan fingerprint density at radius 2 is 1.92 bits per heavy atom. The highest BCUT2D eigenvalue weighted by molar-refractivity contribution is 5.17. The van der Waals surface area contributed by atoms with E-state index in [0.29, 0.717) is 0 Å². The van der Waals surface area contributed by atoms with E-state index in [1.165, 1.54) is 5.57 Å². The molecule has 0 aromatic rings. The molecule has 0 fully saturated rings. The maximum Gasteiger partial charge on any atom is -0.0139 e. The van der Waals surface area contributed by atoms with E-state index < -0.39 is 0 Å². The smallest absolute Gasteiger partial charge is 0.0139 e. The maximum atomic E-state index is 3.77. The summed E-state index contributed by atoms with van der Waals surface area (Å²) < 4.78 is 0. The van der Waals surface area contributed by atoms with E-state index in [1.807, 2.05) is 19.1 Å². The van der Waals surface area contributed by atoms with Crippen molar-refractivity contribution in [3.05, 3.63) is 48.1 Å². The molecule has 0 spiro atoms. The summed E-state index contributed by atoms with van der Waals surface area (Å²) in [5.74, 6) is 0. The molecule has 0 aliphatic carbocycles. The van der Waals surface area contributed by atoms with Crippen LogP contribution >= 0.6 is 0 Å². The highest BCUT2D eigenvalue weighted by Gasteiger charge is 1.79. The van der Waals surface area contributed by atoms with Crippen LogP contribution in [-0.2, 0) is 0 Å². The number of allylic oxidation sites excluding steroid dienone is 7. The molecular weight excluding hydrogens is 144 g/mol. The van der Waals surface area contributed by atoms with Gasteiger partial charge in [-0.05, 0) is 27.2 Å². The van der Waals surface area contributed by atoms with E-state index in [9.17, 15) is 0 Å². The summed E-state index contributed by atoms with van der Waals surface area (Å²) in [7, 11) is 0. The van der Waals surface area contributed by atoms with Crippen LogP contribution in [0, 0.1) is 0 Å². The van der Waals surface area contributed by atoms with Crippen molar-refractivity contribution in [2.24, 2.45) is 0 Å². The third kappa shape index (κ3) is 7.07. The Hall–Kier alpha value is -1.04. The van der Waals surface area contributed by atoms with Crippen molar-refractivity contribution in [2.75, 3.05) is 0 Å². The van der Waals surface area contributed by atoms with Crippen LogP contribution in [0.1, 0.15) is 27.2 Å². The maximum absolute atomic E-state index is 3.77. The fourth-order valence-electron chi connectivity index (χ4n) is 0.670. The van der Waals surface area contributed by atoms with E-state index in [-0.39, 0.29) is 0 Å². The fraction of sp³-hybridized carbons (Fsp3) is 0.333. The zero-order chi connectivity index (χ0) is 9.40. The van der Waals surface area contributed by atoms with Gasteiger partial charge in [-0.25, -0.2) is 0 Å². The Labute approximate surface area is 76.0 Å². The molecule has 0 aliphatic rings. The summed E-state index contributed by atoms with van der Waals surface area (Å²) in [5, 5.41) is 0. The van der Waals surface area contributed by atoms with Gasteiger partial charge >= 0.3 is 0 Å². The lowest BCUT2D eigenvalue weighted by Gasteiger charge is -1.89. The van der Waals surface area contributed by atoms with E-state index in [4.69, 9.17) is 0 Å². The van der Waals surface area contributed by atoms with Gasteiger partial charge in [0.25, 0.3) is 0 Å². The molecule has 0 heterocycles. The molecule has 0 nitrogen and oxygen atoms in total. The minimum atomic E-state index is 1.04. The van der Waals surface area contributed by atoms with Crippen molar-refractivity contribution in [3.8, 4) is 0 Å². The Kier molecular flexibility index (Phi) is 6.08. The zero-order valence-corrected chi connectivity index (χ0v) is 8.30. The van der Waals surface area contributed by atoms with Gasteiger partial charge in [0.2, 0.25) is 0 Å². The average molecular weight is 162 g/mol. The van der Waals surface area contributed by atoms with Gasteiger partial charge in [-0.3, -0.25) is 0 Å². The third-order valence-electron chi connectivity index (χ3n) is 1.56. The van der Waals surface area contributed by atoms with Gasteiger partial charge in [0.05, 0.1) is 0 Å². The molecule has 0 aromatic carbocycles. The first-order valence-electron chi connectivity index (χ1n) is 4.27. The molecular formula is C12H18. The summed E-state index contributed by atoms with van der Waals surface area (Å²) >= 11 is 0. The van der Waals surface area contributed by atoms with Crippen LogP contribution in [0.3, 0.4) is 0 Å². The molecule has 0 bridgehead atoms. The van der Waals surface area contributed by atoms with Crippen LogP contribution in [0.4, 0.5) is 0 Å². The van der Waals surface area contributed by atoms with Gasteiger partial charge in [0.15, 0.2) is 0 Å². The van der Waals surface area contributed by atoms with Crippen molar-refractivity contribution in [1.82, 2.24) is 0 Å². The molecule has 0 atom stereocenters. The van der Waals surface area contributed by atoms with Gasteiger partial charge in [-0.1, -0.05) is 48.1 Å². The first-order valence-corrected chi connectivity index (χ1v) is 4.27. The Balaban J connectivity index is 3.71. The molecule has 0 rings (SSSR count). The van der Waals surface area contributed by atoms with E-state index in [0.717, 1.165) is 12.0 Å². The predicted octanol–water partition coefficient (Wildman–Crippen LogP) is 4.03. The molecule has 0 saturated carbocycles. The van der Waals surface area contributed by atoms with E-state index in [2.05, 4.69) is 38.7 Å². The largest absolute Gasteiger partial charge is 0.0961 e. The molecule has 12 heavy (non-hydrogen) atoms. The van der Waals surface area contributed by atoms with Crippen molar-refractivity contribution in [2.45, 2.75) is 27.2 Å². The van der Waals surface area contributed by atoms with Gasteiger partial charge < -0.3 is 0 Å². The first-order chi connectivity index (χ1) is 5.66. The molecule has 0 saturated heterocycles. The van der Waals surface area contributed by atoms with Crippen molar-refractivity contribution in [1.29, 1.82) is 0 Å². The first kappa shape index (κ1) is 11.0. The van der Waals surface area contributed by atoms with Gasteiger partial charge in [-0.15, -0.1) is 0 Å². The topological polar surface area (TPSA) is 0 Å². The predicted molar refractivity (Wildman–Crippen MR) is 57.1 cm³/mol. The monoisotopic (exact) mass is 162 g/mol. The Morgan fingerprint density at radius 1 is 1.25 bits per heavy atom. The standard InChI is InChI=1S/C12H18/c1-5-12(4)10-8-6-7-9-11(2)3/h5-9H,2,10H2,1,3-4H3/b8-6-,9-7-,12-5-. The second-order valence-electron chi connectivity index (χ2n) is 2.97. The van der Waals surface area contributed by atoms with Crippen molar-refractivity contribution >= 4 is 0 Å². The molecule has 0 amide bonds. The number of rotatable bonds is 4. The summed E-state index contributed by atoms with van der Waals surface area (Å²) in [5.41, 5.74) is 2.48. The summed E-state index contributed by atoms with van der Waals surface area (Å²) in [4.78, 5) is 0. The number of hydrogen-bond acceptors (Lipinski definition) is 0. The van der Waals surface area contributed by atoms with Crippen molar-refractivity contribution < 1.29 is 0 Å². The summed E-state index contributed by atoms with van der Waals surface area (Å²) in [6.45, 7) is 9.95. The normalized spacial score (nSPS) is 13.1. The van der Waals surface area contributed by atoms with Gasteiger partial charge in [0, 0.05) is 0 Å². The van der Waals surface area contributed by atoms with E-state index in [1.54, 1.807) is 0 Å². The molecule has 0 radical (unpaired) electrons. The molecule has 0 heteroatoms. The van der Waals surface area contributed by atoms with Crippen LogP contribution in [0.15, 0.2) is 48.1 Å². The second kappa shape index (κ2) is 6.66. The van der Waals surface area contributed by atoms with Crippen LogP contribution in [0.5, 0.6) is 0 Å². The lowest BCUT2D eigenvalue weighted by molar-refractivity contribution is 1.20. The molecule has 0 N–H and O–H groups in total. The Bertz CT molecular complexity index is 214. The summed E-state index contributed by atoms with van der Waals surface area (Å²) in [6, 6.07) is 0. The minimum Gasteiger partial charge on any atom is -0.0961 e. The fourth-order valence-corrected chi connectivity index (χ4v) is 0.670. The summed E-state index contributed by atoms with van der Waals surface area (Å²) in [6.07, 6.45) is 11.4. The van der Waals surface area contributed by atoms with Crippen LogP contribution in [0.2, 0.25) is 0 Å². The van der Waals surface area contributed by atoms with Gasteiger partial charge in [0.1, 0.15) is 0 Å². The van der Waals surface area contributed by atoms with Crippen LogP contribution in [0.25, 0.3) is 0 Å². The highest BCUT2D eigenvalue weighted by atomic mass is 13.9. The molecule has 66 valence electrons. The quantitative estimate of drug-likeness (QED) is 0.432.